The Balaban J connectivity index is 1.14. The lowest BCUT2D eigenvalue weighted by Crippen LogP contribution is -2.30. The summed E-state index contributed by atoms with van der Waals surface area (Å²) in [7, 11) is 0. The lowest BCUT2D eigenvalue weighted by molar-refractivity contribution is 0.563. The van der Waals surface area contributed by atoms with Crippen molar-refractivity contribution in [2.24, 2.45) is 5.41 Å². The average molecular weight is 914 g/mol. The standard InChI is InChI=1S/C67H63NS/c1-9-24-62(65-45(4)54-33-19-21-36-63(54)69-65)68(52-32-23-31-50(39-40-52)49-30-22-29-48(37-38-49)47-25-14-12-15-26-47)53-41-42-56-57(58(10-2)67(8,11-3)61(56)43-53)44-60-46(5)64-55(51-27-16-13-17-28-51)34-18-20-35-59(64)66(60,6)7/h9-10,12-19,21,23-30,32-44H,4,11,20,22,31H2,1-3,5-8H3/b24-9-,57-44-,58-10+,65-62-. The Morgan fingerprint density at radius 3 is 2.23 bits per heavy atom. The molecule has 1 nitrogen and oxygen atoms in total. The van der Waals surface area contributed by atoms with E-state index in [9.17, 15) is 0 Å². The molecule has 1 aromatic heterocycles. The van der Waals surface area contributed by atoms with Crippen LogP contribution in [0.5, 0.6) is 0 Å². The fraction of sp³-hybridized carbons (Fsp3) is 0.194. The molecular formula is C67H63NS. The van der Waals surface area contributed by atoms with Crippen molar-refractivity contribution >= 4 is 56.1 Å². The maximum absolute atomic E-state index is 4.74. The van der Waals surface area contributed by atoms with E-state index in [2.05, 4.69) is 248 Å². The highest BCUT2D eigenvalue weighted by molar-refractivity contribution is 7.17. The van der Waals surface area contributed by atoms with E-state index in [0.717, 1.165) is 48.0 Å². The van der Waals surface area contributed by atoms with Gasteiger partial charge in [-0.1, -0.05) is 186 Å². The maximum atomic E-state index is 4.74. The zero-order valence-electron chi connectivity index (χ0n) is 41.4. The zero-order chi connectivity index (χ0) is 47.9. The van der Waals surface area contributed by atoms with Crippen molar-refractivity contribution in [3.05, 3.63) is 271 Å². The smallest absolute Gasteiger partial charge is 0.0636 e. The van der Waals surface area contributed by atoms with Crippen LogP contribution in [0.4, 0.5) is 5.69 Å². The Bertz CT molecular complexity index is 3440. The molecule has 0 N–H and O–H groups in total. The van der Waals surface area contributed by atoms with Crippen LogP contribution in [0.2, 0.25) is 0 Å². The van der Waals surface area contributed by atoms with Crippen molar-refractivity contribution in [2.45, 2.75) is 79.6 Å². The van der Waals surface area contributed by atoms with E-state index in [0.29, 0.717) is 0 Å². The van der Waals surface area contributed by atoms with Gasteiger partial charge in [0.25, 0.3) is 0 Å². The molecule has 0 radical (unpaired) electrons. The second-order valence-corrected chi connectivity index (χ2v) is 20.6. The van der Waals surface area contributed by atoms with Crippen molar-refractivity contribution in [2.75, 3.05) is 4.90 Å². The SMILES string of the molecule is C=c1/c(=C(\C=C/C)N(C2=CC=C(C3=CCC=C(c4ccccc4)C=C3)CC=C2)c2ccc3c(c2)C(C)(CC)C(=C/C)/C3=C\C2=C(C)C3=C(c4ccccc4)C=CCC=C3C2(C)C)sc2ccccc12. The van der Waals surface area contributed by atoms with Crippen LogP contribution in [0.15, 0.2) is 239 Å². The van der Waals surface area contributed by atoms with Crippen LogP contribution >= 0.6 is 11.3 Å². The Hall–Kier alpha value is -7.00. The van der Waals surface area contributed by atoms with E-state index < -0.39 is 0 Å². The summed E-state index contributed by atoms with van der Waals surface area (Å²) in [4.78, 5) is 2.49. The lowest BCUT2D eigenvalue weighted by Gasteiger charge is -2.30. The van der Waals surface area contributed by atoms with Gasteiger partial charge in [-0.15, -0.1) is 11.3 Å². The molecule has 4 aromatic carbocycles. The second-order valence-electron chi connectivity index (χ2n) is 19.5. The number of fused-ring (bicyclic) bond motifs is 3. The second kappa shape index (κ2) is 18.8. The molecule has 0 aliphatic heterocycles. The van der Waals surface area contributed by atoms with E-state index in [1.165, 1.54) is 92.6 Å². The van der Waals surface area contributed by atoms with Gasteiger partial charge in [0.2, 0.25) is 0 Å². The Kier molecular flexibility index (Phi) is 12.5. The molecule has 5 aliphatic rings. The summed E-state index contributed by atoms with van der Waals surface area (Å²) in [5, 5.41) is 2.27. The predicted molar refractivity (Wildman–Crippen MR) is 301 cm³/mol. The van der Waals surface area contributed by atoms with Gasteiger partial charge in [-0.05, 0) is 178 Å². The fourth-order valence-corrected chi connectivity index (χ4v) is 12.7. The molecule has 5 aliphatic carbocycles. The van der Waals surface area contributed by atoms with Gasteiger partial charge in [-0.3, -0.25) is 0 Å². The van der Waals surface area contributed by atoms with Crippen molar-refractivity contribution in [1.82, 2.24) is 0 Å². The number of benzene rings is 4. The number of hydrogen-bond acceptors (Lipinski definition) is 2. The van der Waals surface area contributed by atoms with Crippen LogP contribution in [0.1, 0.15) is 96.4 Å². The number of allylic oxidation sites excluding steroid dienone is 24. The molecule has 0 amide bonds. The summed E-state index contributed by atoms with van der Waals surface area (Å²) in [6.07, 6.45) is 38.8. The van der Waals surface area contributed by atoms with Gasteiger partial charge in [-0.2, -0.15) is 0 Å². The van der Waals surface area contributed by atoms with Crippen molar-refractivity contribution in [1.29, 1.82) is 0 Å². The molecule has 0 spiro atoms. The normalized spacial score (nSPS) is 21.5. The number of nitrogens with zero attached hydrogens (tertiary/aromatic N) is 1. The van der Waals surface area contributed by atoms with Crippen LogP contribution in [-0.2, 0) is 5.41 Å². The molecule has 0 saturated heterocycles. The van der Waals surface area contributed by atoms with Crippen LogP contribution in [0, 0.1) is 5.41 Å². The first-order valence-electron chi connectivity index (χ1n) is 24.8. The molecule has 5 aromatic rings. The maximum Gasteiger partial charge on any atom is 0.0636 e. The Labute approximate surface area is 414 Å². The number of rotatable bonds is 9. The summed E-state index contributed by atoms with van der Waals surface area (Å²) in [6.45, 7) is 21.1. The Morgan fingerprint density at radius 2 is 1.49 bits per heavy atom. The van der Waals surface area contributed by atoms with Gasteiger partial charge >= 0.3 is 0 Å². The highest BCUT2D eigenvalue weighted by atomic mass is 32.1. The first-order valence-corrected chi connectivity index (χ1v) is 25.7. The van der Waals surface area contributed by atoms with E-state index in [-0.39, 0.29) is 10.8 Å². The average Bonchev–Trinajstić information content (AvgIpc) is 3.60. The monoisotopic (exact) mass is 913 g/mol. The van der Waals surface area contributed by atoms with Gasteiger partial charge in [-0.25, -0.2) is 0 Å². The van der Waals surface area contributed by atoms with E-state index in [1.54, 1.807) is 0 Å². The zero-order valence-corrected chi connectivity index (χ0v) is 42.2. The van der Waals surface area contributed by atoms with Crippen molar-refractivity contribution in [3.63, 3.8) is 0 Å². The summed E-state index contributed by atoms with van der Waals surface area (Å²) >= 11 is 1.83. The lowest BCUT2D eigenvalue weighted by atomic mass is 9.76. The minimum absolute atomic E-state index is 0.167. The largest absolute Gasteiger partial charge is 0.309 e. The predicted octanol–water partition coefficient (Wildman–Crippen LogP) is 16.9. The molecule has 342 valence electrons. The topological polar surface area (TPSA) is 3.24 Å². The fourth-order valence-electron chi connectivity index (χ4n) is 11.5. The third-order valence-electron chi connectivity index (χ3n) is 15.2. The van der Waals surface area contributed by atoms with Gasteiger partial charge in [0.05, 0.1) is 10.2 Å². The Morgan fingerprint density at radius 1 is 0.768 bits per heavy atom. The first-order chi connectivity index (χ1) is 33.6. The van der Waals surface area contributed by atoms with E-state index in [4.69, 9.17) is 6.58 Å². The summed E-state index contributed by atoms with van der Waals surface area (Å²) in [5.74, 6) is 0. The van der Waals surface area contributed by atoms with Gasteiger partial charge in [0.15, 0.2) is 0 Å². The molecule has 0 bridgehead atoms. The molecule has 69 heavy (non-hydrogen) atoms. The first kappa shape index (κ1) is 45.8. The van der Waals surface area contributed by atoms with Crippen LogP contribution < -0.4 is 14.7 Å². The molecule has 1 unspecified atom stereocenters. The number of hydrogen-bond donors (Lipinski definition) is 0. The van der Waals surface area contributed by atoms with Crippen LogP contribution in [0.25, 0.3) is 39.1 Å². The molecule has 0 saturated carbocycles. The summed E-state index contributed by atoms with van der Waals surface area (Å²) in [6, 6.07) is 37.6. The van der Waals surface area contributed by atoms with Gasteiger partial charge < -0.3 is 4.90 Å². The van der Waals surface area contributed by atoms with Crippen molar-refractivity contribution < 1.29 is 0 Å². The molecule has 2 heteroatoms. The minimum Gasteiger partial charge on any atom is -0.309 e. The van der Waals surface area contributed by atoms with Crippen molar-refractivity contribution in [3.8, 4) is 0 Å². The van der Waals surface area contributed by atoms with E-state index in [1.807, 2.05) is 11.3 Å². The summed E-state index contributed by atoms with van der Waals surface area (Å²) in [5.41, 5.74) is 21.7. The summed E-state index contributed by atoms with van der Waals surface area (Å²) < 4.78 is 2.42. The quantitative estimate of drug-likeness (QED) is 0.142. The third-order valence-corrected chi connectivity index (χ3v) is 16.5. The molecule has 10 rings (SSSR count). The molecule has 0 fully saturated rings. The van der Waals surface area contributed by atoms with Gasteiger partial charge in [0, 0.05) is 26.9 Å². The van der Waals surface area contributed by atoms with Gasteiger partial charge in [0.1, 0.15) is 0 Å². The number of thiophene rings is 1. The highest BCUT2D eigenvalue weighted by Crippen LogP contribution is 2.58. The third kappa shape index (κ3) is 8.09. The van der Waals surface area contributed by atoms with Crippen LogP contribution in [-0.4, -0.2) is 0 Å². The molecule has 1 atom stereocenters. The highest BCUT2D eigenvalue weighted by Gasteiger charge is 2.44. The molecule has 1 heterocycles. The van der Waals surface area contributed by atoms with E-state index >= 15 is 0 Å². The van der Waals surface area contributed by atoms with Crippen LogP contribution in [0.3, 0.4) is 0 Å². The minimum atomic E-state index is -0.197. The number of anilines is 1. The molecular weight excluding hydrogens is 851 g/mol.